The van der Waals surface area contributed by atoms with Crippen LogP contribution in [-0.2, 0) is 4.79 Å². The lowest BCUT2D eigenvalue weighted by Crippen LogP contribution is -2.43. The summed E-state index contributed by atoms with van der Waals surface area (Å²) in [5.41, 5.74) is 3.06. The fraction of sp³-hybridized carbons (Fsp3) is 0.250. The van der Waals surface area contributed by atoms with E-state index in [0.717, 1.165) is 29.4 Å². The van der Waals surface area contributed by atoms with Crippen LogP contribution in [0.1, 0.15) is 28.8 Å². The molecule has 0 unspecified atom stereocenters. The molecule has 0 bridgehead atoms. The van der Waals surface area contributed by atoms with Gasteiger partial charge in [0.25, 0.3) is 11.8 Å². The Morgan fingerprint density at radius 2 is 1.65 bits per heavy atom. The average molecular weight is 413 g/mol. The Kier molecular flexibility index (Phi) is 4.86. The summed E-state index contributed by atoms with van der Waals surface area (Å²) in [6.45, 7) is 1.23. The summed E-state index contributed by atoms with van der Waals surface area (Å²) in [5.74, 6) is 1.09. The minimum absolute atomic E-state index is 0.0473. The van der Waals surface area contributed by atoms with Crippen LogP contribution in [-0.4, -0.2) is 48.0 Å². The number of nitrogens with zero attached hydrogens (tertiary/aromatic N) is 4. The van der Waals surface area contributed by atoms with Crippen LogP contribution in [0.15, 0.2) is 54.6 Å². The quantitative estimate of drug-likeness (QED) is 0.666. The lowest BCUT2D eigenvalue weighted by atomic mass is 10.1. The second-order valence-electron chi connectivity index (χ2n) is 7.97. The summed E-state index contributed by atoms with van der Waals surface area (Å²) in [4.78, 5) is 38.2. The second-order valence-corrected chi connectivity index (χ2v) is 7.97. The first kappa shape index (κ1) is 19.2. The number of nitrogens with one attached hydrogen (secondary N) is 1. The van der Waals surface area contributed by atoms with Crippen LogP contribution >= 0.6 is 0 Å². The Morgan fingerprint density at radius 3 is 2.32 bits per heavy atom. The van der Waals surface area contributed by atoms with Gasteiger partial charge in [0.15, 0.2) is 11.6 Å². The molecule has 3 aromatic rings. The normalized spacial score (nSPS) is 15.9. The Hall–Kier alpha value is -3.74. The highest BCUT2D eigenvalue weighted by Crippen LogP contribution is 2.30. The van der Waals surface area contributed by atoms with Crippen LogP contribution in [0.25, 0.3) is 17.1 Å². The zero-order valence-electron chi connectivity index (χ0n) is 17.3. The molecule has 1 saturated carbocycles. The van der Waals surface area contributed by atoms with Crippen molar-refractivity contribution in [3.63, 3.8) is 0 Å². The van der Waals surface area contributed by atoms with E-state index in [1.165, 1.54) is 0 Å². The van der Waals surface area contributed by atoms with Gasteiger partial charge < -0.3 is 10.2 Å². The van der Waals surface area contributed by atoms with Gasteiger partial charge in [0.1, 0.15) is 0 Å². The van der Waals surface area contributed by atoms with Crippen molar-refractivity contribution in [2.45, 2.75) is 18.9 Å². The largest absolute Gasteiger partial charge is 0.355 e. The zero-order valence-corrected chi connectivity index (χ0v) is 17.3. The van der Waals surface area contributed by atoms with Crippen molar-refractivity contribution >= 4 is 40.6 Å². The Balaban J connectivity index is 1.34. The number of aromatic nitrogens is 2. The van der Waals surface area contributed by atoms with Gasteiger partial charge in [0, 0.05) is 37.8 Å². The predicted molar refractivity (Wildman–Crippen MR) is 121 cm³/mol. The van der Waals surface area contributed by atoms with Gasteiger partial charge in [-0.1, -0.05) is 24.3 Å². The predicted octanol–water partition coefficient (Wildman–Crippen LogP) is 3.02. The third-order valence-electron chi connectivity index (χ3n) is 5.58. The molecule has 2 amide bonds. The zero-order chi connectivity index (χ0) is 21.4. The smallest absolute Gasteiger partial charge is 0.252 e. The summed E-state index contributed by atoms with van der Waals surface area (Å²) in [6, 6.07) is 15.2. The van der Waals surface area contributed by atoms with Gasteiger partial charge in [-0.3, -0.25) is 14.5 Å². The van der Waals surface area contributed by atoms with E-state index in [2.05, 4.69) is 5.32 Å². The average Bonchev–Trinajstić information content (AvgIpc) is 3.61. The molecule has 2 aliphatic rings. The monoisotopic (exact) mass is 413 g/mol. The second kappa shape index (κ2) is 7.83. The van der Waals surface area contributed by atoms with Crippen molar-refractivity contribution in [3.8, 4) is 0 Å². The van der Waals surface area contributed by atoms with Gasteiger partial charge in [-0.05, 0) is 48.7 Å². The van der Waals surface area contributed by atoms with Crippen LogP contribution in [0.2, 0.25) is 0 Å². The number of amides is 2. The maximum atomic E-state index is 13.0. The fourth-order valence-electron chi connectivity index (χ4n) is 3.59. The Morgan fingerprint density at radius 1 is 0.968 bits per heavy atom. The summed E-state index contributed by atoms with van der Waals surface area (Å²) < 4.78 is 0. The number of benzene rings is 2. The maximum absolute atomic E-state index is 13.0. The number of hydrogen-bond donors (Lipinski definition) is 1. The highest BCUT2D eigenvalue weighted by Gasteiger charge is 2.27. The molecule has 2 aromatic carbocycles. The van der Waals surface area contributed by atoms with Crippen molar-refractivity contribution < 1.29 is 9.59 Å². The molecular formula is C24H23N5O2. The third-order valence-corrected chi connectivity index (χ3v) is 5.58. The van der Waals surface area contributed by atoms with E-state index < -0.39 is 0 Å². The van der Waals surface area contributed by atoms with Crippen molar-refractivity contribution in [2.75, 3.05) is 29.9 Å². The van der Waals surface area contributed by atoms with E-state index in [4.69, 9.17) is 9.97 Å². The highest BCUT2D eigenvalue weighted by atomic mass is 16.2. The van der Waals surface area contributed by atoms with Gasteiger partial charge >= 0.3 is 0 Å². The van der Waals surface area contributed by atoms with Gasteiger partial charge in [-0.25, -0.2) is 9.97 Å². The van der Waals surface area contributed by atoms with Crippen molar-refractivity contribution in [1.29, 1.82) is 0 Å². The molecule has 5 rings (SSSR count). The number of fused-ring (bicyclic) bond motifs is 2. The third kappa shape index (κ3) is 3.99. The van der Waals surface area contributed by atoms with Gasteiger partial charge in [0.2, 0.25) is 0 Å². The molecule has 0 saturated heterocycles. The summed E-state index contributed by atoms with van der Waals surface area (Å²) in [7, 11) is 1.96. The molecule has 7 heteroatoms. The number of carbonyl (C=O) groups excluding carboxylic acids is 2. The van der Waals surface area contributed by atoms with Crippen molar-refractivity contribution in [2.24, 2.45) is 0 Å². The Bertz CT molecular complexity index is 1180. The lowest BCUT2D eigenvalue weighted by Gasteiger charge is -2.33. The first-order valence-corrected chi connectivity index (χ1v) is 10.5. The number of rotatable bonds is 4. The first-order chi connectivity index (χ1) is 15.1. The molecule has 0 radical (unpaired) electrons. The molecule has 1 aromatic heterocycles. The maximum Gasteiger partial charge on any atom is 0.252 e. The van der Waals surface area contributed by atoms with Gasteiger partial charge in [0.05, 0.1) is 11.0 Å². The number of anilines is 2. The molecule has 0 spiro atoms. The Labute approximate surface area is 180 Å². The number of hydrogen-bond acceptors (Lipinski definition) is 5. The molecule has 156 valence electrons. The van der Waals surface area contributed by atoms with Crippen LogP contribution in [0.4, 0.5) is 11.6 Å². The number of likely N-dealkylation sites (N-methyl/N-ethyl adjacent to an activating group) is 1. The molecule has 2 heterocycles. The number of carbonyl (C=O) groups is 2. The van der Waals surface area contributed by atoms with E-state index in [-0.39, 0.29) is 11.8 Å². The van der Waals surface area contributed by atoms with E-state index in [9.17, 15) is 9.59 Å². The minimum Gasteiger partial charge on any atom is -0.355 e. The molecule has 1 aliphatic heterocycles. The number of para-hydroxylation sites is 2. The lowest BCUT2D eigenvalue weighted by molar-refractivity contribution is -0.114. The van der Waals surface area contributed by atoms with Crippen LogP contribution < -0.4 is 15.1 Å². The molecular weight excluding hydrogens is 390 g/mol. The molecule has 1 fully saturated rings. The summed E-state index contributed by atoms with van der Waals surface area (Å²) >= 11 is 0. The SMILES string of the molecule is CN1CCN(C(=O)/C=C/c2ccc(C(=O)NC3CC3)cc2)c2nc3ccccc3nc21. The molecule has 31 heavy (non-hydrogen) atoms. The van der Waals surface area contributed by atoms with Crippen molar-refractivity contribution in [1.82, 2.24) is 15.3 Å². The van der Waals surface area contributed by atoms with Gasteiger partial charge in [-0.15, -0.1) is 0 Å². The van der Waals surface area contributed by atoms with E-state index in [1.807, 2.05) is 48.3 Å². The first-order valence-electron chi connectivity index (χ1n) is 10.5. The molecule has 0 atom stereocenters. The fourth-order valence-corrected chi connectivity index (χ4v) is 3.59. The van der Waals surface area contributed by atoms with E-state index >= 15 is 0 Å². The topological polar surface area (TPSA) is 78.4 Å². The molecule has 7 nitrogen and oxygen atoms in total. The molecule has 1 N–H and O–H groups in total. The van der Waals surface area contributed by atoms with Crippen LogP contribution in [0.5, 0.6) is 0 Å². The van der Waals surface area contributed by atoms with Crippen LogP contribution in [0.3, 0.4) is 0 Å². The standard InChI is InChI=1S/C24H23N5O2/c1-28-14-15-29(23-22(28)26-19-4-2-3-5-20(19)27-23)21(30)13-8-16-6-9-17(10-7-16)24(31)25-18-11-12-18/h2-10,13,18H,11-12,14-15H2,1H3,(H,25,31)/b13-8+. The molecule has 1 aliphatic carbocycles. The highest BCUT2D eigenvalue weighted by molar-refractivity contribution is 6.06. The summed E-state index contributed by atoms with van der Waals surface area (Å²) in [5, 5.41) is 2.97. The van der Waals surface area contributed by atoms with Crippen LogP contribution in [0, 0.1) is 0 Å². The van der Waals surface area contributed by atoms with Crippen molar-refractivity contribution in [3.05, 3.63) is 65.7 Å². The van der Waals surface area contributed by atoms with Gasteiger partial charge in [-0.2, -0.15) is 0 Å². The van der Waals surface area contributed by atoms with E-state index in [0.29, 0.717) is 36.3 Å². The van der Waals surface area contributed by atoms with E-state index in [1.54, 1.807) is 29.2 Å². The summed E-state index contributed by atoms with van der Waals surface area (Å²) in [6.07, 6.45) is 5.43. The minimum atomic E-state index is -0.144.